The normalized spacial score (nSPS) is 12.1. The number of thioether (sulfide) groups is 1. The molecule has 0 aliphatic heterocycles. The average Bonchev–Trinajstić information content (AvgIpc) is 3.13. The fourth-order valence-corrected chi connectivity index (χ4v) is 4.43. The number of carbonyl (C=O) groups is 1. The van der Waals surface area contributed by atoms with Crippen LogP contribution in [-0.2, 0) is 11.2 Å². The minimum atomic E-state index is -0.268. The Morgan fingerprint density at radius 2 is 1.96 bits per heavy atom. The summed E-state index contributed by atoms with van der Waals surface area (Å²) in [6.45, 7) is 6.25. The van der Waals surface area contributed by atoms with Crippen molar-refractivity contribution in [2.24, 2.45) is 5.92 Å². The van der Waals surface area contributed by atoms with Crippen LogP contribution in [0.1, 0.15) is 32.2 Å². The molecule has 0 aliphatic rings. The van der Waals surface area contributed by atoms with E-state index in [1.54, 1.807) is 0 Å². The zero-order valence-corrected chi connectivity index (χ0v) is 17.8. The molecule has 1 aromatic carbocycles. The number of hydrogen-bond acceptors (Lipinski definition) is 7. The lowest BCUT2D eigenvalue weighted by Crippen LogP contribution is -2.24. The van der Waals surface area contributed by atoms with Gasteiger partial charge in [0, 0.05) is 12.0 Å². The van der Waals surface area contributed by atoms with Gasteiger partial charge in [-0.1, -0.05) is 74.2 Å². The summed E-state index contributed by atoms with van der Waals surface area (Å²) < 4.78 is 0. The second-order valence-electron chi connectivity index (χ2n) is 6.71. The molecule has 0 saturated heterocycles. The van der Waals surface area contributed by atoms with Crippen molar-refractivity contribution in [3.05, 3.63) is 47.7 Å². The molecule has 2 heterocycles. The van der Waals surface area contributed by atoms with Crippen molar-refractivity contribution in [3.63, 3.8) is 0 Å². The van der Waals surface area contributed by atoms with Crippen molar-refractivity contribution in [1.82, 2.24) is 20.2 Å². The topological polar surface area (TPSA) is 80.7 Å². The number of hydrogen-bond donors (Lipinski definition) is 1. The molecule has 28 heavy (non-hydrogen) atoms. The van der Waals surface area contributed by atoms with E-state index in [0.29, 0.717) is 17.5 Å². The van der Waals surface area contributed by atoms with Crippen molar-refractivity contribution in [3.8, 4) is 11.3 Å². The molecule has 0 fully saturated rings. The Hall–Kier alpha value is -2.32. The SMILES string of the molecule is CCC(Sc1cc(-c2ccccc2)ncn1)C(=O)Nc1nnc(CC(C)C)s1. The highest BCUT2D eigenvalue weighted by Crippen LogP contribution is 2.28. The molecule has 0 bridgehead atoms. The maximum atomic E-state index is 12.7. The molecule has 146 valence electrons. The molecular formula is C20H23N5OS2. The van der Waals surface area contributed by atoms with Crippen molar-refractivity contribution in [2.75, 3.05) is 5.32 Å². The molecule has 2 aromatic heterocycles. The van der Waals surface area contributed by atoms with Crippen LogP contribution < -0.4 is 5.32 Å². The van der Waals surface area contributed by atoms with Crippen LogP contribution in [0.4, 0.5) is 5.13 Å². The van der Waals surface area contributed by atoms with Crippen LogP contribution in [0.15, 0.2) is 47.8 Å². The molecule has 3 aromatic rings. The molecule has 1 amide bonds. The summed E-state index contributed by atoms with van der Waals surface area (Å²) in [6, 6.07) is 11.8. The first-order valence-electron chi connectivity index (χ1n) is 9.22. The van der Waals surface area contributed by atoms with Gasteiger partial charge in [0.25, 0.3) is 0 Å². The zero-order chi connectivity index (χ0) is 19.9. The predicted molar refractivity (Wildman–Crippen MR) is 114 cm³/mol. The van der Waals surface area contributed by atoms with Crippen LogP contribution in [0.2, 0.25) is 0 Å². The monoisotopic (exact) mass is 413 g/mol. The number of nitrogens with zero attached hydrogens (tertiary/aromatic N) is 4. The van der Waals surface area contributed by atoms with Gasteiger partial charge < -0.3 is 0 Å². The third-order valence-electron chi connectivity index (χ3n) is 3.92. The number of anilines is 1. The van der Waals surface area contributed by atoms with Gasteiger partial charge in [0.2, 0.25) is 11.0 Å². The maximum Gasteiger partial charge on any atom is 0.239 e. The molecule has 0 radical (unpaired) electrons. The number of rotatable bonds is 8. The van der Waals surface area contributed by atoms with Crippen LogP contribution in [0.3, 0.4) is 0 Å². The van der Waals surface area contributed by atoms with Gasteiger partial charge >= 0.3 is 0 Å². The summed E-state index contributed by atoms with van der Waals surface area (Å²) in [5.74, 6) is 0.423. The highest BCUT2D eigenvalue weighted by atomic mass is 32.2. The summed E-state index contributed by atoms with van der Waals surface area (Å²) in [4.78, 5) is 21.4. The van der Waals surface area contributed by atoms with Gasteiger partial charge in [0.05, 0.1) is 10.9 Å². The van der Waals surface area contributed by atoms with Crippen molar-refractivity contribution in [1.29, 1.82) is 0 Å². The Labute approximate surface area is 173 Å². The predicted octanol–water partition coefficient (Wildman–Crippen LogP) is 4.70. The van der Waals surface area contributed by atoms with Crippen LogP contribution in [0.25, 0.3) is 11.3 Å². The molecule has 0 aliphatic carbocycles. The van der Waals surface area contributed by atoms with E-state index in [0.717, 1.165) is 27.7 Å². The van der Waals surface area contributed by atoms with E-state index in [-0.39, 0.29) is 11.2 Å². The first-order chi connectivity index (χ1) is 13.5. The second-order valence-corrected chi connectivity index (χ2v) is 9.00. The Bertz CT molecular complexity index is 914. The van der Waals surface area contributed by atoms with Crippen molar-refractivity contribution in [2.45, 2.75) is 43.9 Å². The van der Waals surface area contributed by atoms with E-state index >= 15 is 0 Å². The van der Waals surface area contributed by atoms with Gasteiger partial charge in [-0.3, -0.25) is 10.1 Å². The highest BCUT2D eigenvalue weighted by molar-refractivity contribution is 8.00. The van der Waals surface area contributed by atoms with E-state index in [1.165, 1.54) is 29.4 Å². The lowest BCUT2D eigenvalue weighted by molar-refractivity contribution is -0.115. The lowest BCUT2D eigenvalue weighted by Gasteiger charge is -2.13. The standard InChI is InChI=1S/C20H23N5OS2/c1-4-16(19(26)23-20-25-24-18(28-20)10-13(2)3)27-17-11-15(21-12-22-17)14-8-6-5-7-9-14/h5-9,11-13,16H,4,10H2,1-3H3,(H,23,25,26). The van der Waals surface area contributed by atoms with Gasteiger partial charge in [0.15, 0.2) is 0 Å². The molecule has 0 spiro atoms. The Morgan fingerprint density at radius 3 is 2.68 bits per heavy atom. The number of nitrogens with one attached hydrogen (secondary N) is 1. The van der Waals surface area contributed by atoms with E-state index in [2.05, 4.69) is 39.3 Å². The third-order valence-corrected chi connectivity index (χ3v) is 6.08. The third kappa shape index (κ3) is 5.59. The number of carbonyl (C=O) groups excluding carboxylic acids is 1. The molecule has 3 rings (SSSR count). The largest absolute Gasteiger partial charge is 0.300 e. The molecule has 1 atom stereocenters. The minimum Gasteiger partial charge on any atom is -0.300 e. The van der Waals surface area contributed by atoms with Crippen LogP contribution >= 0.6 is 23.1 Å². The molecule has 8 heteroatoms. The number of benzene rings is 1. The Morgan fingerprint density at radius 1 is 1.18 bits per heavy atom. The van der Waals surface area contributed by atoms with Gasteiger partial charge in [-0.25, -0.2) is 9.97 Å². The molecule has 1 N–H and O–H groups in total. The quantitative estimate of drug-likeness (QED) is 0.426. The molecule has 1 unspecified atom stereocenters. The van der Waals surface area contributed by atoms with E-state index < -0.39 is 0 Å². The number of aromatic nitrogens is 4. The lowest BCUT2D eigenvalue weighted by atomic mass is 10.1. The second kappa shape index (κ2) is 9.75. The zero-order valence-electron chi connectivity index (χ0n) is 16.1. The van der Waals surface area contributed by atoms with Crippen LogP contribution in [-0.4, -0.2) is 31.3 Å². The number of amides is 1. The first kappa shape index (κ1) is 20.4. The van der Waals surface area contributed by atoms with E-state index in [1.807, 2.05) is 43.3 Å². The van der Waals surface area contributed by atoms with Crippen LogP contribution in [0.5, 0.6) is 0 Å². The summed E-state index contributed by atoms with van der Waals surface area (Å²) in [7, 11) is 0. The average molecular weight is 414 g/mol. The van der Waals surface area contributed by atoms with Gasteiger partial charge in [-0.05, 0) is 18.4 Å². The summed E-state index contributed by atoms with van der Waals surface area (Å²) in [5, 5.41) is 13.1. The highest BCUT2D eigenvalue weighted by Gasteiger charge is 2.21. The van der Waals surface area contributed by atoms with Gasteiger partial charge in [0.1, 0.15) is 16.4 Å². The Kier molecular flexibility index (Phi) is 7.11. The van der Waals surface area contributed by atoms with Gasteiger partial charge in [-0.2, -0.15) is 0 Å². The van der Waals surface area contributed by atoms with Gasteiger partial charge in [-0.15, -0.1) is 10.2 Å². The van der Waals surface area contributed by atoms with E-state index in [9.17, 15) is 4.79 Å². The molecular weight excluding hydrogens is 390 g/mol. The molecule has 6 nitrogen and oxygen atoms in total. The van der Waals surface area contributed by atoms with Crippen LogP contribution in [0, 0.1) is 5.92 Å². The fraction of sp³-hybridized carbons (Fsp3) is 0.350. The van der Waals surface area contributed by atoms with Crippen molar-refractivity contribution >= 4 is 34.1 Å². The maximum absolute atomic E-state index is 12.7. The first-order valence-corrected chi connectivity index (χ1v) is 10.9. The van der Waals surface area contributed by atoms with Crippen molar-refractivity contribution < 1.29 is 4.79 Å². The Balaban J connectivity index is 1.67. The molecule has 0 saturated carbocycles. The summed E-state index contributed by atoms with van der Waals surface area (Å²) in [5.41, 5.74) is 1.87. The summed E-state index contributed by atoms with van der Waals surface area (Å²) in [6.07, 6.45) is 3.08. The van der Waals surface area contributed by atoms with E-state index in [4.69, 9.17) is 0 Å². The smallest absolute Gasteiger partial charge is 0.239 e. The summed E-state index contributed by atoms with van der Waals surface area (Å²) >= 11 is 2.87. The fourth-order valence-electron chi connectivity index (χ4n) is 2.56. The minimum absolute atomic E-state index is 0.0837.